The summed E-state index contributed by atoms with van der Waals surface area (Å²) in [5, 5.41) is 5.20. The molecule has 3 aromatic carbocycles. The molecule has 0 amide bonds. The van der Waals surface area contributed by atoms with E-state index in [0.29, 0.717) is 33.7 Å². The van der Waals surface area contributed by atoms with E-state index in [1.165, 1.54) is 0 Å². The van der Waals surface area contributed by atoms with Crippen molar-refractivity contribution in [3.8, 4) is 5.75 Å². The zero-order chi connectivity index (χ0) is 20.2. The van der Waals surface area contributed by atoms with Crippen LogP contribution in [0.1, 0.15) is 16.7 Å². The van der Waals surface area contributed by atoms with Crippen LogP contribution in [0.5, 0.6) is 5.75 Å². The molecule has 6 heteroatoms. The smallest absolute Gasteiger partial charge is 0.368 e. The standard InChI is InChI=1S/C23H15Cl2NO3/c24-18-9-5-15(6-10-18)14-28-21-4-2-1-3-17(21)13-20-22(26-29-23(20)27)16-7-11-19(25)12-8-16/h1-13H,14H2. The molecule has 0 aromatic heterocycles. The van der Waals surface area contributed by atoms with Gasteiger partial charge in [0, 0.05) is 21.2 Å². The highest BCUT2D eigenvalue weighted by atomic mass is 35.5. The third kappa shape index (κ3) is 4.50. The Morgan fingerprint density at radius 1 is 0.897 bits per heavy atom. The molecule has 0 N–H and O–H groups in total. The van der Waals surface area contributed by atoms with Gasteiger partial charge in [0.25, 0.3) is 0 Å². The molecular formula is C23H15Cl2NO3. The predicted molar refractivity (Wildman–Crippen MR) is 114 cm³/mol. The van der Waals surface area contributed by atoms with Crippen molar-refractivity contribution in [3.63, 3.8) is 0 Å². The number of benzene rings is 3. The molecule has 0 fully saturated rings. The summed E-state index contributed by atoms with van der Waals surface area (Å²) in [6.07, 6.45) is 1.72. The van der Waals surface area contributed by atoms with E-state index in [1.807, 2.05) is 48.5 Å². The fourth-order valence-electron chi connectivity index (χ4n) is 2.85. The fourth-order valence-corrected chi connectivity index (χ4v) is 3.11. The van der Waals surface area contributed by atoms with Crippen molar-refractivity contribution >= 4 is 41.0 Å². The largest absolute Gasteiger partial charge is 0.488 e. The lowest BCUT2D eigenvalue weighted by Gasteiger charge is -2.10. The van der Waals surface area contributed by atoms with Gasteiger partial charge < -0.3 is 9.57 Å². The molecule has 3 aromatic rings. The Labute approximate surface area is 178 Å². The molecule has 0 radical (unpaired) electrons. The second kappa shape index (κ2) is 8.52. The van der Waals surface area contributed by atoms with Gasteiger partial charge in [-0.05, 0) is 42.0 Å². The van der Waals surface area contributed by atoms with Crippen molar-refractivity contribution in [3.05, 3.63) is 105 Å². The van der Waals surface area contributed by atoms with E-state index < -0.39 is 5.97 Å². The van der Waals surface area contributed by atoms with Gasteiger partial charge >= 0.3 is 5.97 Å². The highest BCUT2D eigenvalue weighted by Gasteiger charge is 2.27. The monoisotopic (exact) mass is 423 g/mol. The van der Waals surface area contributed by atoms with Gasteiger partial charge in [-0.15, -0.1) is 0 Å². The Balaban J connectivity index is 1.61. The molecule has 0 unspecified atom stereocenters. The van der Waals surface area contributed by atoms with E-state index >= 15 is 0 Å². The minimum absolute atomic E-state index is 0.356. The van der Waals surface area contributed by atoms with Crippen LogP contribution in [0, 0.1) is 0 Å². The second-order valence-corrected chi connectivity index (χ2v) is 7.21. The highest BCUT2D eigenvalue weighted by molar-refractivity contribution is 6.32. The lowest BCUT2D eigenvalue weighted by atomic mass is 10.0. The molecule has 0 saturated carbocycles. The number of hydrogen-bond acceptors (Lipinski definition) is 4. The molecule has 1 aliphatic rings. The molecule has 0 bridgehead atoms. The normalized spacial score (nSPS) is 14.6. The number of ether oxygens (including phenoxy) is 1. The summed E-state index contributed by atoms with van der Waals surface area (Å²) in [6.45, 7) is 0.375. The van der Waals surface area contributed by atoms with Crippen LogP contribution in [0.4, 0.5) is 0 Å². The first kappa shape index (κ1) is 19.2. The second-order valence-electron chi connectivity index (χ2n) is 6.34. The van der Waals surface area contributed by atoms with Crippen LogP contribution in [-0.2, 0) is 16.2 Å². The van der Waals surface area contributed by atoms with Crippen molar-refractivity contribution in [2.75, 3.05) is 0 Å². The minimum Gasteiger partial charge on any atom is -0.488 e. The Bertz CT molecular complexity index is 1100. The number of oxime groups is 1. The molecule has 4 rings (SSSR count). The van der Waals surface area contributed by atoms with E-state index in [4.69, 9.17) is 32.8 Å². The van der Waals surface area contributed by atoms with Crippen LogP contribution in [-0.4, -0.2) is 11.7 Å². The summed E-state index contributed by atoms with van der Waals surface area (Å²) >= 11 is 11.9. The number of carbonyl (C=O) groups is 1. The summed E-state index contributed by atoms with van der Waals surface area (Å²) in [7, 11) is 0. The van der Waals surface area contributed by atoms with Crippen LogP contribution in [0.3, 0.4) is 0 Å². The number of para-hydroxylation sites is 1. The van der Waals surface area contributed by atoms with Crippen molar-refractivity contribution in [1.29, 1.82) is 0 Å². The van der Waals surface area contributed by atoms with E-state index in [-0.39, 0.29) is 0 Å². The highest BCUT2D eigenvalue weighted by Crippen LogP contribution is 2.27. The Kier molecular flexibility index (Phi) is 5.65. The molecular weight excluding hydrogens is 409 g/mol. The van der Waals surface area contributed by atoms with Gasteiger partial charge in [0.2, 0.25) is 0 Å². The molecule has 0 saturated heterocycles. The molecule has 144 valence electrons. The molecule has 0 aliphatic carbocycles. The Morgan fingerprint density at radius 3 is 2.28 bits per heavy atom. The number of nitrogens with zero attached hydrogens (tertiary/aromatic N) is 1. The summed E-state index contributed by atoms with van der Waals surface area (Å²) in [4.78, 5) is 17.2. The van der Waals surface area contributed by atoms with Crippen LogP contribution < -0.4 is 4.74 Å². The van der Waals surface area contributed by atoms with E-state index in [9.17, 15) is 4.79 Å². The Morgan fingerprint density at radius 2 is 1.55 bits per heavy atom. The van der Waals surface area contributed by atoms with Crippen LogP contribution in [0.15, 0.2) is 83.5 Å². The van der Waals surface area contributed by atoms with Crippen molar-refractivity contribution in [2.45, 2.75) is 6.61 Å². The van der Waals surface area contributed by atoms with Crippen LogP contribution in [0.25, 0.3) is 6.08 Å². The number of hydrogen-bond donors (Lipinski definition) is 0. The quantitative estimate of drug-likeness (QED) is 0.378. The van der Waals surface area contributed by atoms with E-state index in [1.54, 1.807) is 30.3 Å². The summed E-state index contributed by atoms with van der Waals surface area (Å²) < 4.78 is 5.97. The first-order chi connectivity index (χ1) is 14.1. The van der Waals surface area contributed by atoms with Crippen molar-refractivity contribution < 1.29 is 14.4 Å². The van der Waals surface area contributed by atoms with Gasteiger partial charge in [0.1, 0.15) is 18.1 Å². The molecule has 4 nitrogen and oxygen atoms in total. The summed E-state index contributed by atoms with van der Waals surface area (Å²) in [5.41, 5.74) is 3.29. The number of carbonyl (C=O) groups excluding carboxylic acids is 1. The third-order valence-electron chi connectivity index (χ3n) is 4.34. The number of rotatable bonds is 5. The average Bonchev–Trinajstić information content (AvgIpc) is 3.09. The molecule has 1 heterocycles. The van der Waals surface area contributed by atoms with Gasteiger partial charge in [-0.2, -0.15) is 0 Å². The van der Waals surface area contributed by atoms with Crippen molar-refractivity contribution in [2.24, 2.45) is 5.16 Å². The lowest BCUT2D eigenvalue weighted by molar-refractivity contribution is -0.136. The average molecular weight is 424 g/mol. The minimum atomic E-state index is -0.512. The maximum Gasteiger partial charge on any atom is 0.368 e. The first-order valence-electron chi connectivity index (χ1n) is 8.84. The topological polar surface area (TPSA) is 47.9 Å². The van der Waals surface area contributed by atoms with E-state index in [0.717, 1.165) is 16.7 Å². The maximum atomic E-state index is 12.3. The first-order valence-corrected chi connectivity index (χ1v) is 9.59. The predicted octanol–water partition coefficient (Wildman–Crippen LogP) is 5.92. The SMILES string of the molecule is O=C1ON=C(c2ccc(Cl)cc2)C1=Cc1ccccc1OCc1ccc(Cl)cc1. The van der Waals surface area contributed by atoms with Gasteiger partial charge in [-0.3, -0.25) is 0 Å². The summed E-state index contributed by atoms with van der Waals surface area (Å²) in [6, 6.07) is 22.0. The molecule has 1 aliphatic heterocycles. The Hall–Kier alpha value is -3.08. The molecule has 0 spiro atoms. The molecule has 29 heavy (non-hydrogen) atoms. The maximum absolute atomic E-state index is 12.3. The van der Waals surface area contributed by atoms with Gasteiger partial charge in [-0.25, -0.2) is 4.79 Å². The third-order valence-corrected chi connectivity index (χ3v) is 4.84. The van der Waals surface area contributed by atoms with Gasteiger partial charge in [0.05, 0.1) is 5.57 Å². The lowest BCUT2D eigenvalue weighted by Crippen LogP contribution is -2.07. The van der Waals surface area contributed by atoms with Gasteiger partial charge in [-0.1, -0.05) is 70.8 Å². The van der Waals surface area contributed by atoms with Crippen LogP contribution >= 0.6 is 23.2 Å². The summed E-state index contributed by atoms with van der Waals surface area (Å²) in [5.74, 6) is 0.132. The van der Waals surface area contributed by atoms with Gasteiger partial charge in [0.15, 0.2) is 0 Å². The zero-order valence-corrected chi connectivity index (χ0v) is 16.7. The number of halogens is 2. The van der Waals surface area contributed by atoms with E-state index in [2.05, 4.69) is 5.16 Å². The zero-order valence-electron chi connectivity index (χ0n) is 15.1. The fraction of sp³-hybridized carbons (Fsp3) is 0.0435. The molecule has 0 atom stereocenters. The van der Waals surface area contributed by atoms with Crippen LogP contribution in [0.2, 0.25) is 10.0 Å². The van der Waals surface area contributed by atoms with Crippen molar-refractivity contribution in [1.82, 2.24) is 0 Å².